The average molecular weight is 164 g/mol. The van der Waals surface area contributed by atoms with Crippen LogP contribution in [0.2, 0.25) is 0 Å². The van der Waals surface area contributed by atoms with Gasteiger partial charge in [0, 0.05) is 0 Å². The van der Waals surface area contributed by atoms with E-state index in [4.69, 9.17) is 0 Å². The minimum absolute atomic E-state index is 1.08. The minimum atomic E-state index is 1.08. The molecule has 0 radical (unpaired) electrons. The maximum atomic E-state index is 2.27. The topological polar surface area (TPSA) is 0 Å². The molecule has 3 rings (SSSR count). The van der Waals surface area contributed by atoms with Crippen molar-refractivity contribution >= 4 is 12.5 Å². The van der Waals surface area contributed by atoms with E-state index in [2.05, 4.69) is 49.4 Å². The Kier molecular flexibility index (Phi) is 1.39. The van der Waals surface area contributed by atoms with Crippen LogP contribution in [0.5, 0.6) is 0 Å². The Hall–Kier alpha value is -1.37. The summed E-state index contributed by atoms with van der Waals surface area (Å²) in [4.78, 5) is 0. The van der Waals surface area contributed by atoms with Gasteiger partial charge in [-0.25, -0.2) is 0 Å². The van der Waals surface area contributed by atoms with E-state index >= 15 is 0 Å². The molecular weight excluding hydrogens is 155 g/mol. The van der Waals surface area contributed by atoms with Gasteiger partial charge in [-0.15, -0.1) is 0 Å². The molecule has 0 aromatic heterocycles. The van der Waals surface area contributed by atoms with Crippen LogP contribution in [-0.2, 0) is 0 Å². The van der Waals surface area contributed by atoms with E-state index in [9.17, 15) is 0 Å². The second-order valence-corrected chi connectivity index (χ2v) is 3.46. The third-order valence-corrected chi connectivity index (χ3v) is 2.68. The fourth-order valence-corrected chi connectivity index (χ4v) is 2.04. The Morgan fingerprint density at radius 1 is 1.15 bits per heavy atom. The average Bonchev–Trinajstić information content (AvgIpc) is 2.56. The van der Waals surface area contributed by atoms with Crippen LogP contribution >= 0.6 is 0 Å². The summed E-state index contributed by atoms with van der Waals surface area (Å²) < 4.78 is 0. The standard InChI is InChI=1S/C12H9B/c1-3-7-11-9(5-1)10-6-2-4-8-12(10)13-11/h1-5,7-8H,6H2. The van der Waals surface area contributed by atoms with E-state index in [1.807, 2.05) is 0 Å². The molecule has 1 aliphatic heterocycles. The molecule has 1 aromatic carbocycles. The fraction of sp³-hybridized carbons (Fsp3) is 0.0833. The van der Waals surface area contributed by atoms with Gasteiger partial charge in [-0.2, -0.15) is 0 Å². The van der Waals surface area contributed by atoms with E-state index in [0.717, 1.165) is 6.42 Å². The van der Waals surface area contributed by atoms with Crippen molar-refractivity contribution < 1.29 is 0 Å². The van der Waals surface area contributed by atoms with Crippen LogP contribution in [0.15, 0.2) is 48.0 Å². The molecule has 0 amide bonds. The summed E-state index contributed by atoms with van der Waals surface area (Å²) in [5, 5.41) is 2.78. The van der Waals surface area contributed by atoms with Gasteiger partial charge >= 0.3 is 77.2 Å². The fourth-order valence-electron chi connectivity index (χ4n) is 2.04. The Bertz CT molecular complexity index is 532. The summed E-state index contributed by atoms with van der Waals surface area (Å²) in [5.41, 5.74) is 2.88. The normalized spacial score (nSPS) is 16.9. The van der Waals surface area contributed by atoms with Crippen LogP contribution < -0.4 is 5.22 Å². The molecule has 2 aliphatic rings. The number of benzene rings is 1. The maximum absolute atomic E-state index is 2.27. The van der Waals surface area contributed by atoms with Crippen molar-refractivity contribution in [2.45, 2.75) is 6.42 Å². The number of rotatable bonds is 0. The van der Waals surface area contributed by atoms with Crippen LogP contribution in [0.25, 0.3) is 5.57 Å². The number of fused-ring (bicyclic) bond motifs is 2. The van der Waals surface area contributed by atoms with Crippen LogP contribution in [0, 0.1) is 5.11 Å². The van der Waals surface area contributed by atoms with E-state index in [1.165, 1.54) is 21.4 Å². The van der Waals surface area contributed by atoms with Crippen LogP contribution in [0.3, 0.4) is 0 Å². The Morgan fingerprint density at radius 2 is 2.08 bits per heavy atom. The Balaban J connectivity index is 2.46. The molecule has 0 bridgehead atoms. The van der Waals surface area contributed by atoms with Gasteiger partial charge in [-0.3, -0.25) is 0 Å². The van der Waals surface area contributed by atoms with Crippen molar-refractivity contribution in [2.24, 2.45) is 0 Å². The first kappa shape index (κ1) is 7.08. The van der Waals surface area contributed by atoms with Crippen LogP contribution in [0.1, 0.15) is 6.42 Å². The summed E-state index contributed by atoms with van der Waals surface area (Å²) in [5.74, 6) is 0. The molecule has 0 unspecified atom stereocenters. The van der Waals surface area contributed by atoms with E-state index < -0.39 is 0 Å². The molecular formula is C12H9B. The molecule has 0 N–H and O–H groups in total. The van der Waals surface area contributed by atoms with Crippen molar-refractivity contribution in [3.8, 4) is 0 Å². The third-order valence-electron chi connectivity index (χ3n) is 2.68. The van der Waals surface area contributed by atoms with Gasteiger partial charge in [0.25, 0.3) is 0 Å². The van der Waals surface area contributed by atoms with Gasteiger partial charge in [0.2, 0.25) is 0 Å². The van der Waals surface area contributed by atoms with Gasteiger partial charge in [0.15, 0.2) is 0 Å². The Morgan fingerprint density at radius 3 is 3.08 bits per heavy atom. The molecule has 0 saturated carbocycles. The predicted molar refractivity (Wildman–Crippen MR) is 55.9 cm³/mol. The molecule has 1 heterocycles. The second-order valence-electron chi connectivity index (χ2n) is 3.46. The zero-order valence-corrected chi connectivity index (χ0v) is 7.33. The monoisotopic (exact) mass is 164 g/mol. The SMILES string of the molecule is B1=c2ccccc2=C2CC=CC=C12. The third kappa shape index (κ3) is 0.967. The summed E-state index contributed by atoms with van der Waals surface area (Å²) in [6.07, 6.45) is 7.63. The molecule has 0 saturated heterocycles. The number of allylic oxidation sites excluding steroid dienone is 4. The van der Waals surface area contributed by atoms with Gasteiger partial charge in [-0.1, -0.05) is 0 Å². The summed E-state index contributed by atoms with van der Waals surface area (Å²) in [6.45, 7) is 2.27. The predicted octanol–water partition coefficient (Wildman–Crippen LogP) is 1.65. The van der Waals surface area contributed by atoms with Crippen molar-refractivity contribution in [1.82, 2.24) is 0 Å². The first-order chi connectivity index (χ1) is 6.45. The number of hydrogen-bond donors (Lipinski definition) is 0. The quantitative estimate of drug-likeness (QED) is 0.511. The Labute approximate surface area is 77.8 Å². The van der Waals surface area contributed by atoms with Gasteiger partial charge in [0.1, 0.15) is 0 Å². The van der Waals surface area contributed by atoms with Crippen molar-refractivity contribution in [2.75, 3.05) is 0 Å². The van der Waals surface area contributed by atoms with E-state index in [-0.39, 0.29) is 0 Å². The summed E-state index contributed by atoms with van der Waals surface area (Å²) in [7, 11) is 0. The first-order valence-electron chi connectivity index (χ1n) is 4.62. The van der Waals surface area contributed by atoms with Crippen LogP contribution in [0.4, 0.5) is 0 Å². The summed E-state index contributed by atoms with van der Waals surface area (Å²) >= 11 is 0. The van der Waals surface area contributed by atoms with Crippen molar-refractivity contribution in [3.05, 3.63) is 58.3 Å². The molecule has 60 valence electrons. The van der Waals surface area contributed by atoms with Gasteiger partial charge in [-0.05, 0) is 0 Å². The summed E-state index contributed by atoms with van der Waals surface area (Å²) in [6, 6.07) is 8.60. The molecule has 0 nitrogen and oxygen atoms in total. The molecule has 1 aliphatic carbocycles. The van der Waals surface area contributed by atoms with Gasteiger partial charge in [0.05, 0.1) is 0 Å². The molecule has 1 aromatic rings. The van der Waals surface area contributed by atoms with Gasteiger partial charge < -0.3 is 0 Å². The first-order valence-corrected chi connectivity index (χ1v) is 4.62. The molecule has 1 heteroatoms. The van der Waals surface area contributed by atoms with Crippen molar-refractivity contribution in [3.63, 3.8) is 0 Å². The number of hydrogen-bond acceptors (Lipinski definition) is 0. The van der Waals surface area contributed by atoms with E-state index in [1.54, 1.807) is 0 Å². The zero-order valence-electron chi connectivity index (χ0n) is 7.33. The molecule has 0 atom stereocenters. The molecule has 0 fully saturated rings. The zero-order chi connectivity index (χ0) is 8.67. The van der Waals surface area contributed by atoms with E-state index in [0.29, 0.717) is 0 Å². The van der Waals surface area contributed by atoms with Crippen LogP contribution in [-0.4, -0.2) is 6.92 Å². The molecule has 0 spiro atoms. The second kappa shape index (κ2) is 2.56. The van der Waals surface area contributed by atoms with Crippen molar-refractivity contribution in [1.29, 1.82) is 0 Å². The molecule has 13 heavy (non-hydrogen) atoms.